The van der Waals surface area contributed by atoms with Crippen LogP contribution in [0.4, 0.5) is 26.3 Å². The fourth-order valence-corrected chi connectivity index (χ4v) is 5.84. The summed E-state index contributed by atoms with van der Waals surface area (Å²) in [5.74, 6) is -11.8. The number of ether oxygens (including phenoxy) is 1. The Morgan fingerprint density at radius 1 is 0.714 bits per heavy atom. The van der Waals surface area contributed by atoms with Crippen LogP contribution in [0, 0.1) is 54.7 Å². The maximum atomic E-state index is 13.9. The SMILES string of the molecule is N#CC1=C(OC2=C(C#N)C(C(=O)O)C(c3ccccc3C(F)(F)F)([N+](=O)[O-])C=C2)C=CC(c2ccccc2C(F)(F)F)([N+](=O)[O-])C1C(=O)O. The van der Waals surface area contributed by atoms with Crippen LogP contribution in [-0.2, 0) is 37.8 Å². The van der Waals surface area contributed by atoms with E-state index in [1.54, 1.807) is 0 Å². The highest BCUT2D eigenvalue weighted by molar-refractivity contribution is 5.81. The van der Waals surface area contributed by atoms with Crippen molar-refractivity contribution in [2.24, 2.45) is 11.8 Å². The standard InChI is InChI=1S/C30H16F6N4O9/c31-29(32,33)19-7-3-1-5-17(19)27(39(45)46)11-9-21(15(13-37)23(27)25(41)42)49-22-10-12-28(40(47)48,24(26(43)44)16(22)14-38)18-6-2-4-8-20(18)30(34,35)36/h1-12,23-24H,(H,41,42)(H,43,44). The van der Waals surface area contributed by atoms with Crippen LogP contribution in [0.2, 0.25) is 0 Å². The van der Waals surface area contributed by atoms with Crippen molar-refractivity contribution in [3.05, 3.63) is 138 Å². The zero-order valence-electron chi connectivity index (χ0n) is 23.9. The number of carbonyl (C=O) groups is 2. The van der Waals surface area contributed by atoms with Crippen LogP contribution in [0.25, 0.3) is 0 Å². The average molecular weight is 690 g/mol. The van der Waals surface area contributed by atoms with Crippen LogP contribution < -0.4 is 0 Å². The van der Waals surface area contributed by atoms with Crippen molar-refractivity contribution >= 4 is 11.9 Å². The number of alkyl halides is 6. The number of halogens is 6. The zero-order chi connectivity index (χ0) is 36.7. The summed E-state index contributed by atoms with van der Waals surface area (Å²) in [6, 6.07) is 8.43. The van der Waals surface area contributed by atoms with E-state index < -0.39 is 102 Å². The number of nitro groups is 2. The van der Waals surface area contributed by atoms with Gasteiger partial charge in [0.05, 0.1) is 34.4 Å². The molecule has 0 fully saturated rings. The first-order valence-corrected chi connectivity index (χ1v) is 13.2. The molecule has 0 bridgehead atoms. The van der Waals surface area contributed by atoms with Crippen LogP contribution in [-0.4, -0.2) is 32.0 Å². The fourth-order valence-electron chi connectivity index (χ4n) is 5.84. The summed E-state index contributed by atoms with van der Waals surface area (Å²) in [6.07, 6.45) is -8.70. The average Bonchev–Trinajstić information content (AvgIpc) is 3.03. The van der Waals surface area contributed by atoms with Crippen LogP contribution in [0.5, 0.6) is 0 Å². The number of hydrogen-bond acceptors (Lipinski definition) is 9. The molecular formula is C30H16F6N4O9. The summed E-state index contributed by atoms with van der Waals surface area (Å²) in [5, 5.41) is 65.1. The second kappa shape index (κ2) is 12.3. The predicted octanol–water partition coefficient (Wildman–Crippen LogP) is 5.48. The molecule has 19 heteroatoms. The molecular weight excluding hydrogens is 674 g/mol. The Labute approximate surface area is 268 Å². The Bertz CT molecular complexity index is 1860. The van der Waals surface area contributed by atoms with Gasteiger partial charge < -0.3 is 14.9 Å². The fraction of sp³-hybridized carbons (Fsp3) is 0.200. The van der Waals surface area contributed by atoms with Gasteiger partial charge in [-0.3, -0.25) is 29.8 Å². The molecule has 0 heterocycles. The molecule has 0 saturated heterocycles. The second-order valence-corrected chi connectivity index (χ2v) is 10.3. The second-order valence-electron chi connectivity index (χ2n) is 10.3. The molecule has 4 unspecified atom stereocenters. The van der Waals surface area contributed by atoms with Gasteiger partial charge in [-0.2, -0.15) is 36.9 Å². The highest BCUT2D eigenvalue weighted by atomic mass is 19.4. The molecule has 0 amide bonds. The van der Waals surface area contributed by atoms with E-state index in [2.05, 4.69) is 0 Å². The van der Waals surface area contributed by atoms with E-state index in [-0.39, 0.29) is 0 Å². The molecule has 252 valence electrons. The number of allylic oxidation sites excluding steroid dienone is 2. The lowest BCUT2D eigenvalue weighted by atomic mass is 9.70. The molecule has 13 nitrogen and oxygen atoms in total. The first kappa shape index (κ1) is 35.4. The minimum atomic E-state index is -5.25. The number of carboxylic acid groups (broad SMARTS) is 2. The molecule has 4 atom stereocenters. The predicted molar refractivity (Wildman–Crippen MR) is 147 cm³/mol. The largest absolute Gasteiger partial charge is 0.481 e. The maximum Gasteiger partial charge on any atom is 0.416 e. The molecule has 49 heavy (non-hydrogen) atoms. The summed E-state index contributed by atoms with van der Waals surface area (Å²) >= 11 is 0. The number of hydrogen-bond donors (Lipinski definition) is 2. The highest BCUT2D eigenvalue weighted by Crippen LogP contribution is 2.50. The van der Waals surface area contributed by atoms with Crippen LogP contribution in [0.3, 0.4) is 0 Å². The number of nitrogens with zero attached hydrogens (tertiary/aromatic N) is 4. The third kappa shape index (κ3) is 5.60. The van der Waals surface area contributed by atoms with Crippen molar-refractivity contribution in [2.45, 2.75) is 23.4 Å². The number of benzene rings is 2. The third-order valence-corrected chi connectivity index (χ3v) is 7.85. The molecule has 0 aliphatic heterocycles. The lowest BCUT2D eigenvalue weighted by molar-refractivity contribution is -0.571. The Kier molecular flexibility index (Phi) is 8.85. The minimum absolute atomic E-state index is 0.376. The molecule has 0 spiro atoms. The Hall–Kier alpha value is -6.50. The van der Waals surface area contributed by atoms with E-state index >= 15 is 0 Å². The monoisotopic (exact) mass is 690 g/mol. The van der Waals surface area contributed by atoms with Crippen LogP contribution in [0.1, 0.15) is 22.3 Å². The summed E-state index contributed by atoms with van der Waals surface area (Å²) in [7, 11) is 0. The molecule has 2 aliphatic carbocycles. The summed E-state index contributed by atoms with van der Waals surface area (Å²) in [4.78, 5) is 47.3. The molecule has 4 rings (SSSR count). The first-order chi connectivity index (χ1) is 22.8. The van der Waals surface area contributed by atoms with Gasteiger partial charge in [0.2, 0.25) is 0 Å². The van der Waals surface area contributed by atoms with Gasteiger partial charge in [-0.05, 0) is 24.3 Å². The first-order valence-electron chi connectivity index (χ1n) is 13.2. The van der Waals surface area contributed by atoms with E-state index in [4.69, 9.17) is 4.74 Å². The van der Waals surface area contributed by atoms with E-state index in [1.807, 2.05) is 0 Å². The van der Waals surface area contributed by atoms with Gasteiger partial charge in [0.1, 0.15) is 11.5 Å². The highest BCUT2D eigenvalue weighted by Gasteiger charge is 2.63. The number of aliphatic carboxylic acids is 2. The molecule has 2 aromatic rings. The van der Waals surface area contributed by atoms with E-state index in [0.29, 0.717) is 48.6 Å². The lowest BCUT2D eigenvalue weighted by Gasteiger charge is -2.34. The van der Waals surface area contributed by atoms with Gasteiger partial charge >= 0.3 is 24.3 Å². The van der Waals surface area contributed by atoms with Crippen molar-refractivity contribution in [3.63, 3.8) is 0 Å². The van der Waals surface area contributed by atoms with Crippen molar-refractivity contribution in [1.29, 1.82) is 10.5 Å². The van der Waals surface area contributed by atoms with Crippen LogP contribution >= 0.6 is 0 Å². The van der Waals surface area contributed by atoms with E-state index in [9.17, 15) is 76.9 Å². The normalized spacial score (nSPS) is 23.8. The smallest absolute Gasteiger partial charge is 0.416 e. The van der Waals surface area contributed by atoms with Crippen molar-refractivity contribution in [3.8, 4) is 12.1 Å². The van der Waals surface area contributed by atoms with Gasteiger partial charge in [-0.25, -0.2) is 0 Å². The van der Waals surface area contributed by atoms with Crippen molar-refractivity contribution in [1.82, 2.24) is 0 Å². The maximum absolute atomic E-state index is 13.9. The summed E-state index contributed by atoms with van der Waals surface area (Å²) < 4.78 is 89.1. The summed E-state index contributed by atoms with van der Waals surface area (Å²) in [5.41, 5.74) is -14.6. The van der Waals surface area contributed by atoms with Crippen LogP contribution in [0.15, 0.2) is 95.5 Å². The number of carboxylic acids is 2. The lowest BCUT2D eigenvalue weighted by Crippen LogP contribution is -2.49. The van der Waals surface area contributed by atoms with Gasteiger partial charge in [-0.1, -0.05) is 36.4 Å². The third-order valence-electron chi connectivity index (χ3n) is 7.85. The number of nitriles is 2. The molecule has 2 aliphatic rings. The Morgan fingerprint density at radius 2 is 1.04 bits per heavy atom. The number of rotatable bonds is 8. The topological polar surface area (TPSA) is 218 Å². The van der Waals surface area contributed by atoms with E-state index in [1.165, 1.54) is 12.1 Å². The Morgan fingerprint density at radius 3 is 1.31 bits per heavy atom. The van der Waals surface area contributed by atoms with Gasteiger partial charge in [0, 0.05) is 33.1 Å². The quantitative estimate of drug-likeness (QED) is 0.201. The van der Waals surface area contributed by atoms with Crippen molar-refractivity contribution in [2.75, 3.05) is 0 Å². The summed E-state index contributed by atoms with van der Waals surface area (Å²) in [6.45, 7) is 0. The Balaban J connectivity index is 1.97. The van der Waals surface area contributed by atoms with Gasteiger partial charge in [0.25, 0.3) is 11.1 Å². The van der Waals surface area contributed by atoms with E-state index in [0.717, 1.165) is 24.3 Å². The minimum Gasteiger partial charge on any atom is -0.481 e. The molecule has 0 aromatic heterocycles. The van der Waals surface area contributed by atoms with Gasteiger partial charge in [0.15, 0.2) is 11.8 Å². The zero-order valence-corrected chi connectivity index (χ0v) is 23.9. The molecule has 2 N–H and O–H groups in total. The van der Waals surface area contributed by atoms with Crippen molar-refractivity contribution < 1.29 is 60.7 Å². The molecule has 0 radical (unpaired) electrons. The molecule has 0 saturated carbocycles. The molecule has 2 aromatic carbocycles. The van der Waals surface area contributed by atoms with Gasteiger partial charge in [-0.15, -0.1) is 0 Å².